The Balaban J connectivity index is 1.48. The lowest BCUT2D eigenvalue weighted by Crippen LogP contribution is -2.11. The zero-order chi connectivity index (χ0) is 18.6. The number of hydrogen-bond donors (Lipinski definition) is 1. The molecule has 0 aliphatic carbocycles. The number of halogens is 1. The summed E-state index contributed by atoms with van der Waals surface area (Å²) in [7, 11) is 0. The summed E-state index contributed by atoms with van der Waals surface area (Å²) in [5.74, 6) is 0.142. The second-order valence-corrected chi connectivity index (χ2v) is 5.70. The summed E-state index contributed by atoms with van der Waals surface area (Å²) in [4.78, 5) is 20.5. The molecule has 0 aliphatic heterocycles. The average molecular weight is 360 g/mol. The third kappa shape index (κ3) is 3.72. The molecule has 27 heavy (non-hydrogen) atoms. The Hall–Kier alpha value is -3.87. The Morgan fingerprint density at radius 3 is 2.30 bits per heavy atom. The fourth-order valence-corrected chi connectivity index (χ4v) is 2.46. The molecule has 0 fully saturated rings. The molecule has 0 aliphatic rings. The Labute approximate surface area is 153 Å². The molecule has 4 rings (SSSR count). The van der Waals surface area contributed by atoms with E-state index in [1.165, 1.54) is 24.3 Å². The van der Waals surface area contributed by atoms with E-state index >= 15 is 0 Å². The summed E-state index contributed by atoms with van der Waals surface area (Å²) < 4.78 is 18.2. The van der Waals surface area contributed by atoms with Crippen LogP contribution in [0.5, 0.6) is 0 Å². The second kappa shape index (κ2) is 7.17. The molecule has 7 heteroatoms. The highest BCUT2D eigenvalue weighted by Crippen LogP contribution is 2.23. The molecular formula is C20H13FN4O2. The fraction of sp³-hybridized carbons (Fsp3) is 0. The van der Waals surface area contributed by atoms with Crippen molar-refractivity contribution < 1.29 is 13.7 Å². The molecule has 4 aromatic rings. The summed E-state index contributed by atoms with van der Waals surface area (Å²) in [6, 6.07) is 15.9. The van der Waals surface area contributed by atoms with Crippen molar-refractivity contribution in [3.8, 4) is 22.8 Å². The van der Waals surface area contributed by atoms with Crippen molar-refractivity contribution in [1.29, 1.82) is 0 Å². The Bertz CT molecular complexity index is 1060. The van der Waals surface area contributed by atoms with Gasteiger partial charge < -0.3 is 9.84 Å². The Kier molecular flexibility index (Phi) is 4.40. The molecule has 6 nitrogen and oxygen atoms in total. The molecule has 0 unspecified atom stereocenters. The number of carbonyl (C=O) groups excluding carboxylic acids is 1. The van der Waals surface area contributed by atoms with Gasteiger partial charge in [-0.25, -0.2) is 4.39 Å². The molecule has 0 saturated carbocycles. The zero-order valence-corrected chi connectivity index (χ0v) is 14.0. The average Bonchev–Trinajstić information content (AvgIpc) is 3.20. The van der Waals surface area contributed by atoms with Crippen LogP contribution >= 0.6 is 0 Å². The quantitative estimate of drug-likeness (QED) is 0.590. The third-order valence-corrected chi connectivity index (χ3v) is 3.86. The van der Waals surface area contributed by atoms with Gasteiger partial charge in [0.15, 0.2) is 0 Å². The van der Waals surface area contributed by atoms with Gasteiger partial charge in [-0.3, -0.25) is 9.78 Å². The van der Waals surface area contributed by atoms with Crippen molar-refractivity contribution >= 4 is 11.6 Å². The maximum absolute atomic E-state index is 12.9. The molecule has 0 spiro atoms. The van der Waals surface area contributed by atoms with E-state index in [0.717, 1.165) is 11.1 Å². The molecular weight excluding hydrogens is 347 g/mol. The number of pyridine rings is 1. The lowest BCUT2D eigenvalue weighted by atomic mass is 10.1. The first-order chi connectivity index (χ1) is 13.2. The minimum absolute atomic E-state index is 0.317. The van der Waals surface area contributed by atoms with Crippen molar-refractivity contribution in [2.24, 2.45) is 0 Å². The van der Waals surface area contributed by atoms with E-state index in [1.807, 2.05) is 0 Å². The number of nitrogens with zero attached hydrogens (tertiary/aromatic N) is 3. The molecule has 0 atom stereocenters. The first kappa shape index (κ1) is 16.6. The minimum atomic E-state index is -0.387. The van der Waals surface area contributed by atoms with Gasteiger partial charge in [-0.15, -0.1) is 0 Å². The van der Waals surface area contributed by atoms with Crippen LogP contribution in [0.25, 0.3) is 22.8 Å². The van der Waals surface area contributed by atoms with Crippen LogP contribution in [-0.2, 0) is 0 Å². The maximum Gasteiger partial charge on any atom is 0.258 e. The summed E-state index contributed by atoms with van der Waals surface area (Å²) in [6.45, 7) is 0. The lowest BCUT2D eigenvalue weighted by Gasteiger charge is -2.05. The smallest absolute Gasteiger partial charge is 0.258 e. The van der Waals surface area contributed by atoms with Crippen molar-refractivity contribution in [1.82, 2.24) is 15.1 Å². The summed E-state index contributed by atoms with van der Waals surface area (Å²) >= 11 is 0. The molecule has 1 N–H and O–H groups in total. The van der Waals surface area contributed by atoms with E-state index in [2.05, 4.69) is 20.4 Å². The van der Waals surface area contributed by atoms with Gasteiger partial charge >= 0.3 is 0 Å². The monoisotopic (exact) mass is 360 g/mol. The molecule has 1 amide bonds. The van der Waals surface area contributed by atoms with Crippen LogP contribution in [0.4, 0.5) is 10.1 Å². The highest BCUT2D eigenvalue weighted by molar-refractivity contribution is 6.04. The van der Waals surface area contributed by atoms with Gasteiger partial charge in [-0.05, 0) is 60.7 Å². The number of aromatic nitrogens is 3. The van der Waals surface area contributed by atoms with Crippen LogP contribution in [0, 0.1) is 5.82 Å². The number of anilines is 1. The molecule has 2 heterocycles. The summed E-state index contributed by atoms with van der Waals surface area (Å²) in [5.41, 5.74) is 2.51. The second-order valence-electron chi connectivity index (χ2n) is 5.70. The minimum Gasteiger partial charge on any atom is -0.334 e. The van der Waals surface area contributed by atoms with E-state index in [4.69, 9.17) is 4.52 Å². The van der Waals surface area contributed by atoms with Gasteiger partial charge in [-0.2, -0.15) is 4.98 Å². The van der Waals surface area contributed by atoms with Gasteiger partial charge in [0, 0.05) is 34.8 Å². The van der Waals surface area contributed by atoms with Gasteiger partial charge in [-0.1, -0.05) is 5.16 Å². The molecule has 0 bridgehead atoms. The van der Waals surface area contributed by atoms with Crippen LogP contribution in [0.1, 0.15) is 10.4 Å². The van der Waals surface area contributed by atoms with Crippen molar-refractivity contribution in [3.05, 3.63) is 84.4 Å². The lowest BCUT2D eigenvalue weighted by molar-refractivity contribution is 0.102. The predicted octanol–water partition coefficient (Wildman–Crippen LogP) is 4.19. The van der Waals surface area contributed by atoms with Crippen LogP contribution in [0.2, 0.25) is 0 Å². The van der Waals surface area contributed by atoms with Gasteiger partial charge in [0.05, 0.1) is 0 Å². The highest BCUT2D eigenvalue weighted by Gasteiger charge is 2.11. The highest BCUT2D eigenvalue weighted by atomic mass is 19.1. The molecule has 0 saturated heterocycles. The van der Waals surface area contributed by atoms with Crippen LogP contribution in [0.15, 0.2) is 77.6 Å². The topological polar surface area (TPSA) is 80.9 Å². The fourth-order valence-electron chi connectivity index (χ4n) is 2.46. The third-order valence-electron chi connectivity index (χ3n) is 3.86. The van der Waals surface area contributed by atoms with E-state index in [9.17, 15) is 9.18 Å². The Morgan fingerprint density at radius 1 is 0.889 bits per heavy atom. The standard InChI is InChI=1S/C20H13FN4O2/c21-16-5-1-14(2-6-16)19(26)23-17-7-3-13(4-8-17)18-24-20(27-25-18)15-9-11-22-12-10-15/h1-12H,(H,23,26). The normalized spacial score (nSPS) is 10.6. The van der Waals surface area contributed by atoms with Crippen molar-refractivity contribution in [2.75, 3.05) is 5.32 Å². The van der Waals surface area contributed by atoms with Crippen LogP contribution < -0.4 is 5.32 Å². The molecule has 0 radical (unpaired) electrons. The summed E-state index contributed by atoms with van der Waals surface area (Å²) in [6.07, 6.45) is 3.30. The number of carbonyl (C=O) groups is 1. The van der Waals surface area contributed by atoms with Gasteiger partial charge in [0.25, 0.3) is 11.8 Å². The number of amides is 1. The van der Waals surface area contributed by atoms with Gasteiger partial charge in [0.1, 0.15) is 5.82 Å². The SMILES string of the molecule is O=C(Nc1ccc(-c2noc(-c3ccncc3)n2)cc1)c1ccc(F)cc1. The van der Waals surface area contributed by atoms with Crippen molar-refractivity contribution in [2.45, 2.75) is 0 Å². The maximum atomic E-state index is 12.9. The number of nitrogens with one attached hydrogen (secondary N) is 1. The van der Waals surface area contributed by atoms with Crippen LogP contribution in [0.3, 0.4) is 0 Å². The molecule has 2 aromatic heterocycles. The first-order valence-corrected chi connectivity index (χ1v) is 8.10. The zero-order valence-electron chi connectivity index (χ0n) is 14.0. The largest absolute Gasteiger partial charge is 0.334 e. The molecule has 132 valence electrons. The predicted molar refractivity (Wildman–Crippen MR) is 97.3 cm³/mol. The number of hydrogen-bond acceptors (Lipinski definition) is 5. The van der Waals surface area contributed by atoms with E-state index in [0.29, 0.717) is 23.0 Å². The van der Waals surface area contributed by atoms with E-state index < -0.39 is 0 Å². The van der Waals surface area contributed by atoms with Crippen molar-refractivity contribution in [3.63, 3.8) is 0 Å². The van der Waals surface area contributed by atoms with E-state index in [1.54, 1.807) is 48.8 Å². The number of rotatable bonds is 4. The van der Waals surface area contributed by atoms with E-state index in [-0.39, 0.29) is 11.7 Å². The summed E-state index contributed by atoms with van der Waals surface area (Å²) in [5, 5.41) is 6.73. The molecule has 2 aromatic carbocycles. The van der Waals surface area contributed by atoms with Crippen LogP contribution in [-0.4, -0.2) is 21.0 Å². The van der Waals surface area contributed by atoms with Gasteiger partial charge in [0.2, 0.25) is 5.82 Å². The Morgan fingerprint density at radius 2 is 1.59 bits per heavy atom. The first-order valence-electron chi connectivity index (χ1n) is 8.10. The number of benzene rings is 2.